The fraction of sp³-hybridized carbons (Fsp3) is 0.579. The normalized spacial score (nSPS) is 24.3. The highest BCUT2D eigenvalue weighted by atomic mass is 16.6. The van der Waals surface area contributed by atoms with E-state index in [0.717, 1.165) is 61.9 Å². The lowest BCUT2D eigenvalue weighted by Gasteiger charge is -2.57. The molecule has 270 valence electrons. The number of hydrogen-bond acceptors (Lipinski definition) is 8. The highest BCUT2D eigenvalue weighted by Crippen LogP contribution is 2.40. The number of aliphatic carboxylic acids is 1. The first-order valence-corrected chi connectivity index (χ1v) is 18.1. The zero-order valence-corrected chi connectivity index (χ0v) is 29.3. The molecule has 12 heteroatoms. The highest BCUT2D eigenvalue weighted by Gasteiger charge is 2.52. The third-order valence-corrected chi connectivity index (χ3v) is 11.6. The molecule has 2 atom stereocenters. The van der Waals surface area contributed by atoms with Crippen molar-refractivity contribution in [2.45, 2.75) is 96.0 Å². The Morgan fingerprint density at radius 2 is 1.64 bits per heavy atom. The Morgan fingerprint density at radius 1 is 0.960 bits per heavy atom. The molecule has 12 nitrogen and oxygen atoms in total. The van der Waals surface area contributed by atoms with E-state index < -0.39 is 17.7 Å². The number of fused-ring (bicyclic) bond motifs is 1. The number of phenols is 1. The van der Waals surface area contributed by atoms with Crippen molar-refractivity contribution in [3.63, 3.8) is 0 Å². The molecule has 4 heterocycles. The highest BCUT2D eigenvalue weighted by molar-refractivity contribution is 5.91. The van der Waals surface area contributed by atoms with Crippen LogP contribution in [0, 0.1) is 19.8 Å². The summed E-state index contributed by atoms with van der Waals surface area (Å²) in [4.78, 5) is 59.9. The summed E-state index contributed by atoms with van der Waals surface area (Å²) < 4.78 is 5.95. The summed E-state index contributed by atoms with van der Waals surface area (Å²) in [5.41, 5.74) is 3.11. The molecular weight excluding hydrogens is 638 g/mol. The third kappa shape index (κ3) is 7.61. The molecule has 50 heavy (non-hydrogen) atoms. The number of urea groups is 1. The minimum Gasteiger partial charge on any atom is -0.507 e. The molecule has 0 saturated carbocycles. The van der Waals surface area contributed by atoms with Gasteiger partial charge in [0, 0.05) is 63.2 Å². The summed E-state index contributed by atoms with van der Waals surface area (Å²) in [5.74, 6) is -0.292. The van der Waals surface area contributed by atoms with Crippen LogP contribution in [0.1, 0.15) is 73.6 Å². The number of benzene rings is 2. The molecule has 0 spiro atoms. The van der Waals surface area contributed by atoms with Crippen LogP contribution in [-0.2, 0) is 27.4 Å². The molecule has 4 aliphatic heterocycles. The molecular formula is C38H51N5O7. The van der Waals surface area contributed by atoms with Gasteiger partial charge in [0.1, 0.15) is 24.3 Å². The quantitative estimate of drug-likeness (QED) is 0.305. The van der Waals surface area contributed by atoms with E-state index in [0.29, 0.717) is 62.6 Å². The van der Waals surface area contributed by atoms with Crippen molar-refractivity contribution in [2.24, 2.45) is 5.92 Å². The number of carboxylic acids is 1. The molecule has 0 bridgehead atoms. The molecule has 6 rings (SSSR count). The van der Waals surface area contributed by atoms with Gasteiger partial charge in [-0.25, -0.2) is 9.59 Å². The summed E-state index contributed by atoms with van der Waals surface area (Å²) in [6, 6.07) is 11.4. The summed E-state index contributed by atoms with van der Waals surface area (Å²) in [5, 5.41) is 22.6. The number of hydrogen-bond donors (Lipinski definition) is 3. The van der Waals surface area contributed by atoms with Gasteiger partial charge in [0.25, 0.3) is 0 Å². The number of aldehydes is 1. The second-order valence-corrected chi connectivity index (χ2v) is 14.6. The monoisotopic (exact) mass is 689 g/mol. The molecule has 3 saturated heterocycles. The first kappa shape index (κ1) is 35.7. The van der Waals surface area contributed by atoms with Crippen LogP contribution in [0.15, 0.2) is 36.4 Å². The van der Waals surface area contributed by atoms with Gasteiger partial charge in [-0.3, -0.25) is 14.6 Å². The minimum absolute atomic E-state index is 0.0323. The summed E-state index contributed by atoms with van der Waals surface area (Å²) in [7, 11) is 0. The number of carbonyl (C=O) groups excluding carboxylic acids is 3. The number of carbonyl (C=O) groups is 4. The standard InChI is InChI=1S/C38H51N5O7/c1-26-21-29(22-27(2)35(26)47)25-50-37(49)43-19-12-32(42-18-9-30-5-3-4-6-33(30)39-36(42)48)24-38(43,13-20-44)41-16-10-31(11-17-41)40-14-7-28(8-15-40)23-34(45)46/h3-6,20-22,28,31-32,47H,7-19,23-25H2,1-2H3,(H,39,48)(H,45,46)/t32-,38+/m1/s1. The lowest BCUT2D eigenvalue weighted by molar-refractivity contribution is -0.138. The van der Waals surface area contributed by atoms with E-state index in [-0.39, 0.29) is 43.2 Å². The number of aromatic hydroxyl groups is 1. The van der Waals surface area contributed by atoms with E-state index in [2.05, 4.69) is 15.1 Å². The van der Waals surface area contributed by atoms with Crippen LogP contribution in [0.4, 0.5) is 15.3 Å². The molecule has 0 aliphatic carbocycles. The molecule has 3 fully saturated rings. The number of carboxylic acid groups (broad SMARTS) is 1. The van der Waals surface area contributed by atoms with Crippen molar-refractivity contribution in [3.05, 3.63) is 58.7 Å². The number of anilines is 1. The molecule has 3 N–H and O–H groups in total. The maximum atomic E-state index is 14.1. The van der Waals surface area contributed by atoms with Crippen molar-refractivity contribution in [2.75, 3.05) is 44.6 Å². The Hall–Kier alpha value is -4.16. The van der Waals surface area contributed by atoms with E-state index >= 15 is 0 Å². The van der Waals surface area contributed by atoms with E-state index in [1.807, 2.05) is 55.1 Å². The van der Waals surface area contributed by atoms with Crippen LogP contribution >= 0.6 is 0 Å². The molecule has 2 aromatic carbocycles. The van der Waals surface area contributed by atoms with Crippen molar-refractivity contribution < 1.29 is 34.1 Å². The van der Waals surface area contributed by atoms with Gasteiger partial charge in [-0.2, -0.15) is 0 Å². The zero-order chi connectivity index (χ0) is 35.4. The molecule has 0 aromatic heterocycles. The maximum absolute atomic E-state index is 14.1. The Balaban J connectivity index is 1.21. The fourth-order valence-corrected chi connectivity index (χ4v) is 8.87. The Morgan fingerprint density at radius 3 is 2.32 bits per heavy atom. The largest absolute Gasteiger partial charge is 0.507 e. The minimum atomic E-state index is -0.971. The van der Waals surface area contributed by atoms with Crippen molar-refractivity contribution >= 4 is 30.1 Å². The van der Waals surface area contributed by atoms with Crippen LogP contribution in [0.3, 0.4) is 0 Å². The van der Waals surface area contributed by atoms with E-state index in [9.17, 15) is 29.4 Å². The SMILES string of the molecule is Cc1cc(COC(=O)N2CC[C@@H](N3CCc4ccccc4NC3=O)C[C@@]2(CC=O)N2CCC(N3CCC(CC(=O)O)CC3)CC2)cc(C)c1O. The number of rotatable bonds is 9. The van der Waals surface area contributed by atoms with Crippen molar-refractivity contribution in [3.8, 4) is 5.75 Å². The van der Waals surface area contributed by atoms with Gasteiger partial charge in [-0.1, -0.05) is 18.2 Å². The lowest BCUT2D eigenvalue weighted by Crippen LogP contribution is -2.70. The predicted molar refractivity (Wildman–Crippen MR) is 188 cm³/mol. The van der Waals surface area contributed by atoms with E-state index in [1.165, 1.54) is 0 Å². The van der Waals surface area contributed by atoms with Gasteiger partial charge in [0.15, 0.2) is 0 Å². The Bertz CT molecular complexity index is 1550. The molecule has 0 radical (unpaired) electrons. The number of piperidine rings is 3. The smallest absolute Gasteiger partial charge is 0.411 e. The van der Waals surface area contributed by atoms with Gasteiger partial charge < -0.3 is 34.9 Å². The van der Waals surface area contributed by atoms with Crippen LogP contribution in [0.25, 0.3) is 0 Å². The lowest BCUT2D eigenvalue weighted by atomic mass is 9.84. The average molecular weight is 690 g/mol. The number of ether oxygens (including phenoxy) is 1. The Labute approximate surface area is 294 Å². The number of likely N-dealkylation sites (tertiary alicyclic amines) is 3. The summed E-state index contributed by atoms with van der Waals surface area (Å²) in [6.07, 6.45) is 5.89. The second kappa shape index (κ2) is 15.4. The van der Waals surface area contributed by atoms with Gasteiger partial charge in [-0.15, -0.1) is 0 Å². The van der Waals surface area contributed by atoms with Crippen LogP contribution in [-0.4, -0.2) is 111 Å². The number of para-hydroxylation sites is 1. The van der Waals surface area contributed by atoms with Crippen molar-refractivity contribution in [1.29, 1.82) is 0 Å². The van der Waals surface area contributed by atoms with Crippen molar-refractivity contribution in [1.82, 2.24) is 19.6 Å². The van der Waals surface area contributed by atoms with Crippen LogP contribution in [0.2, 0.25) is 0 Å². The second-order valence-electron chi connectivity index (χ2n) is 14.6. The number of amides is 3. The zero-order valence-electron chi connectivity index (χ0n) is 29.3. The van der Waals surface area contributed by atoms with Gasteiger partial charge in [-0.05, 0) is 112 Å². The first-order valence-electron chi connectivity index (χ1n) is 18.1. The summed E-state index contributed by atoms with van der Waals surface area (Å²) >= 11 is 0. The van der Waals surface area contributed by atoms with Gasteiger partial charge in [0.05, 0.1) is 0 Å². The van der Waals surface area contributed by atoms with E-state index in [4.69, 9.17) is 4.74 Å². The maximum Gasteiger partial charge on any atom is 0.411 e. The topological polar surface area (TPSA) is 143 Å². The molecule has 0 unspecified atom stereocenters. The Kier molecular flexibility index (Phi) is 11.0. The summed E-state index contributed by atoms with van der Waals surface area (Å²) in [6.45, 7) is 7.64. The fourth-order valence-electron chi connectivity index (χ4n) is 8.87. The number of aryl methyl sites for hydroxylation is 2. The van der Waals surface area contributed by atoms with Crippen LogP contribution in [0.5, 0.6) is 5.75 Å². The van der Waals surface area contributed by atoms with E-state index in [1.54, 1.807) is 4.90 Å². The average Bonchev–Trinajstić information content (AvgIpc) is 3.27. The van der Waals surface area contributed by atoms with Gasteiger partial charge in [0.2, 0.25) is 0 Å². The molecule has 3 amide bonds. The predicted octanol–water partition coefficient (Wildman–Crippen LogP) is 5.14. The first-order chi connectivity index (χ1) is 24.1. The number of nitrogens with zero attached hydrogens (tertiary/aromatic N) is 4. The van der Waals surface area contributed by atoms with Gasteiger partial charge >= 0.3 is 18.1 Å². The molecule has 4 aliphatic rings. The third-order valence-electron chi connectivity index (χ3n) is 11.6. The number of phenolic OH excluding ortho intramolecular Hbond substituents is 1. The molecule has 2 aromatic rings. The van der Waals surface area contributed by atoms with Crippen LogP contribution < -0.4 is 5.32 Å². The number of nitrogens with one attached hydrogen (secondary N) is 1.